The van der Waals surface area contributed by atoms with E-state index in [4.69, 9.17) is 18.0 Å². The maximum atomic E-state index is 5.76. The third-order valence-electron chi connectivity index (χ3n) is 4.13. The molecule has 2 aliphatic rings. The summed E-state index contributed by atoms with van der Waals surface area (Å²) < 4.78 is 2.13. The molecule has 0 aromatic carbocycles. The largest absolute Gasteiger partial charge is 0.388 e. The molecule has 2 N–H and O–H groups in total. The maximum absolute atomic E-state index is 5.76. The summed E-state index contributed by atoms with van der Waals surface area (Å²) in [5.74, 6) is 0.585. The number of aromatic nitrogens is 3. The quantitative estimate of drug-likeness (QED) is 0.836. The van der Waals surface area contributed by atoms with Gasteiger partial charge in [-0.25, -0.2) is 4.68 Å². The van der Waals surface area contributed by atoms with Gasteiger partial charge in [0.15, 0.2) is 0 Å². The molecule has 3 rings (SSSR count). The molecule has 4 nitrogen and oxygen atoms in total. The van der Waals surface area contributed by atoms with Gasteiger partial charge in [-0.3, -0.25) is 0 Å². The average Bonchev–Trinajstić information content (AvgIpc) is 2.80. The van der Waals surface area contributed by atoms with Crippen molar-refractivity contribution in [3.8, 4) is 0 Å². The molecule has 0 aliphatic heterocycles. The van der Waals surface area contributed by atoms with Gasteiger partial charge in [-0.15, -0.1) is 5.10 Å². The fourth-order valence-corrected chi connectivity index (χ4v) is 3.10. The standard InChI is InChI=1S/C12H18N4S/c13-12(17)10-11(8-4-3-5-8)16(15-14-10)9-6-1-2-7-9/h8-9H,1-7H2,(H2,13,17). The van der Waals surface area contributed by atoms with Crippen molar-refractivity contribution in [2.45, 2.75) is 56.9 Å². The van der Waals surface area contributed by atoms with Crippen LogP contribution in [0.15, 0.2) is 0 Å². The number of nitrogens with zero attached hydrogens (tertiary/aromatic N) is 3. The SMILES string of the molecule is NC(=S)c1nnn(C2CCCC2)c1C1CCC1. The van der Waals surface area contributed by atoms with Crippen LogP contribution in [0.3, 0.4) is 0 Å². The highest BCUT2D eigenvalue weighted by Crippen LogP contribution is 2.40. The van der Waals surface area contributed by atoms with Crippen molar-refractivity contribution in [1.29, 1.82) is 0 Å². The number of thiocarbonyl (C=S) groups is 1. The highest BCUT2D eigenvalue weighted by Gasteiger charge is 2.31. The Kier molecular flexibility index (Phi) is 2.86. The van der Waals surface area contributed by atoms with Crippen LogP contribution in [0.25, 0.3) is 0 Å². The first-order chi connectivity index (χ1) is 8.27. The molecule has 17 heavy (non-hydrogen) atoms. The van der Waals surface area contributed by atoms with Crippen LogP contribution < -0.4 is 5.73 Å². The van der Waals surface area contributed by atoms with Crippen LogP contribution in [-0.4, -0.2) is 20.0 Å². The molecule has 0 amide bonds. The molecule has 1 heterocycles. The van der Waals surface area contributed by atoms with Crippen LogP contribution in [0.2, 0.25) is 0 Å². The van der Waals surface area contributed by atoms with Crippen molar-refractivity contribution in [3.63, 3.8) is 0 Å². The van der Waals surface area contributed by atoms with Crippen LogP contribution in [0.4, 0.5) is 0 Å². The molecular weight excluding hydrogens is 232 g/mol. The van der Waals surface area contributed by atoms with Crippen molar-refractivity contribution in [2.75, 3.05) is 0 Å². The lowest BCUT2D eigenvalue weighted by Crippen LogP contribution is -2.22. The van der Waals surface area contributed by atoms with Crippen LogP contribution in [-0.2, 0) is 0 Å². The number of rotatable bonds is 3. The van der Waals surface area contributed by atoms with Crippen molar-refractivity contribution in [1.82, 2.24) is 15.0 Å². The zero-order chi connectivity index (χ0) is 11.8. The Morgan fingerprint density at radius 1 is 1.18 bits per heavy atom. The topological polar surface area (TPSA) is 56.7 Å². The zero-order valence-corrected chi connectivity index (χ0v) is 10.7. The van der Waals surface area contributed by atoms with Gasteiger partial charge in [-0.1, -0.05) is 36.7 Å². The Hall–Kier alpha value is -0.970. The first-order valence-electron chi connectivity index (χ1n) is 6.52. The van der Waals surface area contributed by atoms with Gasteiger partial charge in [-0.2, -0.15) is 0 Å². The summed E-state index contributed by atoms with van der Waals surface area (Å²) in [5.41, 5.74) is 7.75. The molecule has 0 bridgehead atoms. The van der Waals surface area contributed by atoms with Gasteiger partial charge in [0, 0.05) is 5.92 Å². The number of hydrogen-bond acceptors (Lipinski definition) is 3. The second-order valence-electron chi connectivity index (χ2n) is 5.20. The van der Waals surface area contributed by atoms with Crippen LogP contribution in [0, 0.1) is 0 Å². The van der Waals surface area contributed by atoms with E-state index in [-0.39, 0.29) is 0 Å². The first kappa shape index (κ1) is 11.1. The molecule has 0 spiro atoms. The summed E-state index contributed by atoms with van der Waals surface area (Å²) in [4.78, 5) is 0.399. The molecule has 2 saturated carbocycles. The normalized spacial score (nSPS) is 21.6. The molecule has 0 unspecified atom stereocenters. The predicted octanol–water partition coefficient (Wildman–Crippen LogP) is 2.29. The molecule has 1 aromatic heterocycles. The number of hydrogen-bond donors (Lipinski definition) is 1. The van der Waals surface area contributed by atoms with E-state index in [9.17, 15) is 0 Å². The van der Waals surface area contributed by atoms with Crippen molar-refractivity contribution >= 4 is 17.2 Å². The van der Waals surface area contributed by atoms with Crippen LogP contribution in [0.5, 0.6) is 0 Å². The average molecular weight is 250 g/mol. The van der Waals surface area contributed by atoms with E-state index < -0.39 is 0 Å². The van der Waals surface area contributed by atoms with Gasteiger partial charge < -0.3 is 5.73 Å². The zero-order valence-electron chi connectivity index (χ0n) is 9.93. The lowest BCUT2D eigenvalue weighted by Gasteiger charge is -2.28. The smallest absolute Gasteiger partial charge is 0.143 e. The Balaban J connectivity index is 1.98. The fourth-order valence-electron chi connectivity index (χ4n) is 2.96. The molecule has 2 aliphatic carbocycles. The molecule has 0 radical (unpaired) electrons. The first-order valence-corrected chi connectivity index (χ1v) is 6.93. The van der Waals surface area contributed by atoms with Gasteiger partial charge in [0.25, 0.3) is 0 Å². The summed E-state index contributed by atoms with van der Waals surface area (Å²) >= 11 is 5.09. The third-order valence-corrected chi connectivity index (χ3v) is 4.32. The molecular formula is C12H18N4S. The second kappa shape index (κ2) is 4.37. The second-order valence-corrected chi connectivity index (χ2v) is 5.64. The summed E-state index contributed by atoms with van der Waals surface area (Å²) in [7, 11) is 0. The van der Waals surface area contributed by atoms with Gasteiger partial charge in [0.1, 0.15) is 10.7 Å². The van der Waals surface area contributed by atoms with Gasteiger partial charge in [-0.05, 0) is 25.7 Å². The van der Waals surface area contributed by atoms with E-state index in [1.165, 1.54) is 50.6 Å². The Morgan fingerprint density at radius 2 is 1.88 bits per heavy atom. The summed E-state index contributed by atoms with van der Waals surface area (Å²) in [6.07, 6.45) is 8.82. The fraction of sp³-hybridized carbons (Fsp3) is 0.750. The molecule has 92 valence electrons. The van der Waals surface area contributed by atoms with Gasteiger partial charge in [0.05, 0.1) is 11.7 Å². The minimum atomic E-state index is 0.399. The van der Waals surface area contributed by atoms with E-state index in [0.717, 1.165) is 5.69 Å². The van der Waals surface area contributed by atoms with E-state index in [2.05, 4.69) is 15.0 Å². The highest BCUT2D eigenvalue weighted by atomic mass is 32.1. The van der Waals surface area contributed by atoms with E-state index in [1.54, 1.807) is 0 Å². The Morgan fingerprint density at radius 3 is 2.41 bits per heavy atom. The van der Waals surface area contributed by atoms with E-state index in [0.29, 0.717) is 16.9 Å². The van der Waals surface area contributed by atoms with E-state index >= 15 is 0 Å². The summed E-state index contributed by atoms with van der Waals surface area (Å²) in [6.45, 7) is 0. The predicted molar refractivity (Wildman–Crippen MR) is 70.0 cm³/mol. The molecule has 5 heteroatoms. The third kappa shape index (κ3) is 1.86. The van der Waals surface area contributed by atoms with E-state index in [1.807, 2.05) is 0 Å². The van der Waals surface area contributed by atoms with Gasteiger partial charge >= 0.3 is 0 Å². The summed E-state index contributed by atoms with van der Waals surface area (Å²) in [6, 6.07) is 0.529. The molecule has 1 aromatic rings. The maximum Gasteiger partial charge on any atom is 0.143 e. The number of nitrogens with two attached hydrogens (primary N) is 1. The highest BCUT2D eigenvalue weighted by molar-refractivity contribution is 7.80. The van der Waals surface area contributed by atoms with Gasteiger partial charge in [0.2, 0.25) is 0 Å². The lowest BCUT2D eigenvalue weighted by atomic mass is 9.82. The van der Waals surface area contributed by atoms with Crippen LogP contribution >= 0.6 is 12.2 Å². The minimum Gasteiger partial charge on any atom is -0.388 e. The van der Waals surface area contributed by atoms with Crippen molar-refractivity contribution < 1.29 is 0 Å². The molecule has 0 saturated heterocycles. The molecule has 0 atom stereocenters. The lowest BCUT2D eigenvalue weighted by molar-refractivity contribution is 0.359. The van der Waals surface area contributed by atoms with Crippen LogP contribution in [0.1, 0.15) is 68.3 Å². The van der Waals surface area contributed by atoms with Crippen molar-refractivity contribution in [2.24, 2.45) is 5.73 Å². The Bertz CT molecular complexity index is 430. The minimum absolute atomic E-state index is 0.399. The monoisotopic (exact) mass is 250 g/mol. The summed E-state index contributed by atoms with van der Waals surface area (Å²) in [5, 5.41) is 8.53. The molecule has 2 fully saturated rings. The van der Waals surface area contributed by atoms with Crippen molar-refractivity contribution in [3.05, 3.63) is 11.4 Å². The Labute approximate surface area is 107 Å².